The highest BCUT2D eigenvalue weighted by atomic mass is 32.2. The molecule has 0 aliphatic heterocycles. The Bertz CT molecular complexity index is 2240. The largest absolute Gasteiger partial charge is 0.328 e. The van der Waals surface area contributed by atoms with Crippen molar-refractivity contribution >= 4 is 53.3 Å². The highest BCUT2D eigenvalue weighted by Crippen LogP contribution is 2.16. The third-order valence-corrected chi connectivity index (χ3v) is 9.65. The number of rotatable bonds is 19. The van der Waals surface area contributed by atoms with E-state index in [-0.39, 0.29) is 41.3 Å². The minimum absolute atomic E-state index is 0.0658. The van der Waals surface area contributed by atoms with Crippen LogP contribution in [0, 0.1) is 0 Å². The summed E-state index contributed by atoms with van der Waals surface area (Å²) in [6, 6.07) is 31.4. The monoisotopic (exact) mass is 767 g/mol. The number of carbonyl (C=O) groups excluding carboxylic acids is 1. The normalized spacial score (nSPS) is 13.0. The van der Waals surface area contributed by atoms with Gasteiger partial charge in [-0.25, -0.2) is 0 Å². The molecule has 0 saturated carbocycles. The molecule has 0 saturated heterocycles. The summed E-state index contributed by atoms with van der Waals surface area (Å²) in [5, 5.41) is 11.5. The van der Waals surface area contributed by atoms with Gasteiger partial charge in [0.05, 0.1) is 17.8 Å². The number of Topliss-reactive ketones (excluding diaryl/α,β-unsaturated/α-hetero) is 1. The molecule has 16 heteroatoms. The third kappa shape index (κ3) is 12.5. The van der Waals surface area contributed by atoms with Crippen molar-refractivity contribution in [3.63, 3.8) is 0 Å². The van der Waals surface area contributed by atoms with E-state index in [0.29, 0.717) is 35.1 Å². The maximum Gasteiger partial charge on any atom is 0.328 e. The van der Waals surface area contributed by atoms with Gasteiger partial charge in [-0.05, 0) is 30.9 Å². The quantitative estimate of drug-likeness (QED) is 0.0672. The number of nitrogens with zero attached hydrogens (tertiary/aromatic N) is 3. The molecule has 0 unspecified atom stereocenters. The lowest BCUT2D eigenvalue weighted by molar-refractivity contribution is 0.106. The average molecular weight is 768 g/mol. The zero-order valence-corrected chi connectivity index (χ0v) is 30.8. The van der Waals surface area contributed by atoms with Gasteiger partial charge in [0.25, 0.3) is 0 Å². The topological polar surface area (TPSA) is 184 Å². The summed E-state index contributed by atoms with van der Waals surface area (Å²) in [6.07, 6.45) is 2.09. The molecule has 0 heterocycles. The summed E-state index contributed by atoms with van der Waals surface area (Å²) in [4.78, 5) is 13.4. The van der Waals surface area contributed by atoms with Crippen molar-refractivity contribution in [2.45, 2.75) is 32.6 Å². The van der Waals surface area contributed by atoms with Crippen molar-refractivity contribution in [3.8, 4) is 0 Å². The molecule has 0 aromatic heterocycles. The van der Waals surface area contributed by atoms with Gasteiger partial charge in [0.1, 0.15) is 11.4 Å². The predicted octanol–water partition coefficient (Wildman–Crippen LogP) is 5.48. The Balaban J connectivity index is 1.54. The number of ketones is 1. The fourth-order valence-corrected chi connectivity index (χ4v) is 6.50. The first-order valence-corrected chi connectivity index (χ1v) is 21.0. The second-order valence-corrected chi connectivity index (χ2v) is 16.3. The Hall–Kier alpha value is -5.19. The van der Waals surface area contributed by atoms with Crippen LogP contribution in [0.3, 0.4) is 0 Å². The van der Waals surface area contributed by atoms with E-state index in [1.54, 1.807) is 109 Å². The molecule has 274 valence electrons. The first kappa shape index (κ1) is 39.6. The summed E-state index contributed by atoms with van der Waals surface area (Å²) >= 11 is 0. The fourth-order valence-electron chi connectivity index (χ4n) is 4.63. The summed E-state index contributed by atoms with van der Waals surface area (Å²) in [5.41, 5.74) is 1.54. The third-order valence-electron chi connectivity index (χ3n) is 7.13. The highest BCUT2D eigenvalue weighted by molar-refractivity contribution is 7.87. The first-order chi connectivity index (χ1) is 24.8. The van der Waals surface area contributed by atoms with Crippen LogP contribution in [0.2, 0.25) is 0 Å². The molecule has 0 spiro atoms. The van der Waals surface area contributed by atoms with E-state index in [4.69, 9.17) is 8.57 Å². The Morgan fingerprint density at radius 1 is 0.538 bits per heavy atom. The molecule has 4 rings (SSSR count). The van der Waals surface area contributed by atoms with Crippen LogP contribution >= 0.6 is 0 Å². The lowest BCUT2D eigenvalue weighted by Crippen LogP contribution is -2.21. The minimum atomic E-state index is -4.28. The van der Waals surface area contributed by atoms with Crippen LogP contribution in [0.25, 0.3) is 0 Å². The molecule has 52 heavy (non-hydrogen) atoms. The average Bonchev–Trinajstić information content (AvgIpc) is 3.13. The van der Waals surface area contributed by atoms with Gasteiger partial charge in [0.2, 0.25) is 5.78 Å². The van der Waals surface area contributed by atoms with Gasteiger partial charge >= 0.3 is 30.4 Å². The van der Waals surface area contributed by atoms with Crippen LogP contribution in [0.15, 0.2) is 131 Å². The number of benzene rings is 4. The molecule has 4 aromatic rings. The number of oxime groups is 3. The molecule has 0 bridgehead atoms. The Kier molecular flexibility index (Phi) is 14.0. The van der Waals surface area contributed by atoms with Gasteiger partial charge in [-0.15, -0.1) is 0 Å². The van der Waals surface area contributed by atoms with Crippen LogP contribution in [0.1, 0.15) is 58.8 Å². The zero-order valence-electron chi connectivity index (χ0n) is 28.4. The number of hydrogen-bond donors (Lipinski definition) is 0. The molecule has 13 nitrogen and oxygen atoms in total. The van der Waals surface area contributed by atoms with Gasteiger partial charge < -0.3 is 0 Å². The second kappa shape index (κ2) is 18.3. The van der Waals surface area contributed by atoms with E-state index in [1.165, 1.54) is 6.07 Å². The molecule has 0 N–H and O–H groups in total. The lowest BCUT2D eigenvalue weighted by atomic mass is 9.98. The summed E-state index contributed by atoms with van der Waals surface area (Å²) < 4.78 is 89.1. The SMILES string of the molecule is CCCCS(=O)(=O)O/N=C(\C(=N/OS(=O)(=O)CCCc1cccc(C(=O)/C(=N\OS(C)(=O)=O)c2ccccc2)c1)c1ccccc1)c1ccccc1. The lowest BCUT2D eigenvalue weighted by Gasteiger charge is -2.11. The van der Waals surface area contributed by atoms with Crippen LogP contribution in [0.5, 0.6) is 0 Å². The van der Waals surface area contributed by atoms with E-state index < -0.39 is 41.9 Å². The van der Waals surface area contributed by atoms with Crippen LogP contribution in [0.4, 0.5) is 0 Å². The second-order valence-electron chi connectivity index (χ2n) is 11.4. The standard InChI is InChI=1S/C36H37N3O10S3/c1-3-4-25-51(43,44)48-37-33(29-18-8-5-9-19-29)34(30-20-10-6-11-21-30)38-49-52(45,46)26-15-17-28-16-14-24-32(27-28)36(40)35(39-47-50(2,41)42)31-22-12-7-13-23-31/h5-14,16,18-24,27H,3-4,15,17,25-26H2,1-2H3/b37-33-,38-34-,39-35-. The number of aryl methyl sites for hydroxylation is 1. The van der Waals surface area contributed by atoms with Crippen LogP contribution < -0.4 is 0 Å². The van der Waals surface area contributed by atoms with Gasteiger partial charge in [-0.2, -0.15) is 25.3 Å². The molecule has 0 atom stereocenters. The summed E-state index contributed by atoms with van der Waals surface area (Å²) in [5.74, 6) is -1.32. The smallest absolute Gasteiger partial charge is 0.287 e. The molecule has 0 radical (unpaired) electrons. The zero-order chi connectivity index (χ0) is 37.6. The minimum Gasteiger partial charge on any atom is -0.287 e. The number of unbranched alkanes of at least 4 members (excludes halogenated alkanes) is 1. The maximum atomic E-state index is 13.4. The molecule has 4 aromatic carbocycles. The highest BCUT2D eigenvalue weighted by Gasteiger charge is 2.22. The molecule has 0 aliphatic rings. The van der Waals surface area contributed by atoms with Gasteiger partial charge in [0.15, 0.2) is 5.71 Å². The van der Waals surface area contributed by atoms with Gasteiger partial charge in [-0.1, -0.05) is 138 Å². The van der Waals surface area contributed by atoms with E-state index >= 15 is 0 Å². The van der Waals surface area contributed by atoms with Crippen LogP contribution in [-0.2, 0) is 49.6 Å². The Labute approximate surface area is 304 Å². The molecule has 0 fully saturated rings. The molecular weight excluding hydrogens is 731 g/mol. The molecule has 0 aliphatic carbocycles. The van der Waals surface area contributed by atoms with Crippen molar-refractivity contribution in [3.05, 3.63) is 143 Å². The van der Waals surface area contributed by atoms with Gasteiger partial charge in [-0.3, -0.25) is 17.6 Å². The van der Waals surface area contributed by atoms with Crippen molar-refractivity contribution in [2.24, 2.45) is 15.5 Å². The van der Waals surface area contributed by atoms with Crippen molar-refractivity contribution in [2.75, 3.05) is 17.8 Å². The number of carbonyl (C=O) groups is 1. The number of hydrogen-bond acceptors (Lipinski definition) is 13. The Morgan fingerprint density at radius 2 is 0.962 bits per heavy atom. The predicted molar refractivity (Wildman–Crippen MR) is 199 cm³/mol. The molecular formula is C36H37N3O10S3. The van der Waals surface area contributed by atoms with E-state index in [1.807, 2.05) is 6.92 Å². The Morgan fingerprint density at radius 3 is 1.42 bits per heavy atom. The van der Waals surface area contributed by atoms with Crippen molar-refractivity contribution in [1.82, 2.24) is 0 Å². The van der Waals surface area contributed by atoms with Crippen molar-refractivity contribution < 1.29 is 42.9 Å². The molecule has 0 amide bonds. The fraction of sp³-hybridized carbons (Fsp3) is 0.222. The maximum absolute atomic E-state index is 13.4. The van der Waals surface area contributed by atoms with E-state index in [2.05, 4.69) is 19.8 Å². The first-order valence-electron chi connectivity index (χ1n) is 16.0. The summed E-state index contributed by atoms with van der Waals surface area (Å²) in [7, 11) is -12.3. The van der Waals surface area contributed by atoms with Crippen LogP contribution in [-0.4, -0.2) is 65.9 Å². The van der Waals surface area contributed by atoms with Gasteiger partial charge in [0, 0.05) is 22.3 Å². The van der Waals surface area contributed by atoms with E-state index in [0.717, 1.165) is 6.26 Å². The van der Waals surface area contributed by atoms with E-state index in [9.17, 15) is 30.0 Å². The summed E-state index contributed by atoms with van der Waals surface area (Å²) in [6.45, 7) is 1.84. The van der Waals surface area contributed by atoms with Crippen molar-refractivity contribution in [1.29, 1.82) is 0 Å².